The number of methoxy groups -OCH3 is 1. The number of carbonyl (C=O) groups is 2. The van der Waals surface area contributed by atoms with Crippen LogP contribution in [-0.2, 0) is 34.5 Å². The monoisotopic (exact) mass is 331 g/mol. The molecule has 0 N–H and O–H groups in total. The Kier molecular flexibility index (Phi) is 7.04. The molecule has 1 amide bonds. The molecule has 8 nitrogen and oxygen atoms in total. The first-order chi connectivity index (χ1) is 10.5. The zero-order chi connectivity index (χ0) is 16.6. The molecule has 0 aliphatic rings. The average Bonchev–Trinajstić information content (AvgIpc) is 2.57. The standard InChI is InChI=1S/C13H18NO7P/c1-18-12(15)9-14(22(17,19-2)20-3)13(16)21-10-11-7-5-4-6-8-11/h4-8H,9-10H2,1-3H3. The van der Waals surface area contributed by atoms with Gasteiger partial charge in [0.05, 0.1) is 7.11 Å². The van der Waals surface area contributed by atoms with E-state index >= 15 is 0 Å². The molecule has 0 heterocycles. The molecule has 22 heavy (non-hydrogen) atoms. The van der Waals surface area contributed by atoms with Crippen LogP contribution in [0.2, 0.25) is 0 Å². The Hall–Kier alpha value is -1.89. The van der Waals surface area contributed by atoms with Crippen molar-refractivity contribution in [1.29, 1.82) is 0 Å². The van der Waals surface area contributed by atoms with E-state index in [1.54, 1.807) is 24.3 Å². The quantitative estimate of drug-likeness (QED) is 0.558. The topological polar surface area (TPSA) is 91.4 Å². The van der Waals surface area contributed by atoms with E-state index in [-0.39, 0.29) is 6.61 Å². The minimum atomic E-state index is -3.98. The fourth-order valence-corrected chi connectivity index (χ4v) is 2.59. The van der Waals surface area contributed by atoms with Crippen molar-refractivity contribution in [3.63, 3.8) is 0 Å². The minimum Gasteiger partial charge on any atom is -0.468 e. The van der Waals surface area contributed by atoms with E-state index in [0.717, 1.165) is 26.9 Å². The summed E-state index contributed by atoms with van der Waals surface area (Å²) in [5, 5.41) is 0. The highest BCUT2D eigenvalue weighted by atomic mass is 31.2. The molecule has 0 aliphatic carbocycles. The molecule has 1 aromatic rings. The van der Waals surface area contributed by atoms with Crippen molar-refractivity contribution in [3.05, 3.63) is 35.9 Å². The molecule has 9 heteroatoms. The Morgan fingerprint density at radius 2 is 1.68 bits per heavy atom. The number of amides is 1. The Morgan fingerprint density at radius 3 is 2.18 bits per heavy atom. The van der Waals surface area contributed by atoms with E-state index in [2.05, 4.69) is 4.74 Å². The minimum absolute atomic E-state index is 0.0508. The molecule has 0 atom stereocenters. The van der Waals surface area contributed by atoms with Gasteiger partial charge in [0.1, 0.15) is 13.2 Å². The van der Waals surface area contributed by atoms with Crippen molar-refractivity contribution in [2.75, 3.05) is 27.9 Å². The van der Waals surface area contributed by atoms with E-state index < -0.39 is 26.4 Å². The Bertz CT molecular complexity index is 541. The maximum atomic E-state index is 12.3. The van der Waals surface area contributed by atoms with E-state index in [1.807, 2.05) is 6.07 Å². The zero-order valence-electron chi connectivity index (χ0n) is 12.6. The van der Waals surface area contributed by atoms with E-state index in [1.165, 1.54) is 0 Å². The molecule has 0 unspecified atom stereocenters. The fraction of sp³-hybridized carbons (Fsp3) is 0.385. The second-order valence-corrected chi connectivity index (χ2v) is 6.16. The normalized spacial score (nSPS) is 10.9. The summed E-state index contributed by atoms with van der Waals surface area (Å²) in [5.74, 6) is -0.786. The molecular formula is C13H18NO7P. The van der Waals surface area contributed by atoms with Gasteiger partial charge in [-0.1, -0.05) is 30.3 Å². The highest BCUT2D eigenvalue weighted by Crippen LogP contribution is 2.50. The maximum Gasteiger partial charge on any atom is 0.440 e. The summed E-state index contributed by atoms with van der Waals surface area (Å²) in [6.07, 6.45) is -1.01. The van der Waals surface area contributed by atoms with Gasteiger partial charge in [-0.2, -0.15) is 0 Å². The van der Waals surface area contributed by atoms with Crippen molar-refractivity contribution in [1.82, 2.24) is 4.67 Å². The van der Waals surface area contributed by atoms with Gasteiger partial charge in [0.15, 0.2) is 0 Å². The first-order valence-electron chi connectivity index (χ1n) is 6.24. The number of rotatable bonds is 7. The molecular weight excluding hydrogens is 313 g/mol. The molecule has 0 spiro atoms. The van der Waals surface area contributed by atoms with Gasteiger partial charge in [0.25, 0.3) is 0 Å². The summed E-state index contributed by atoms with van der Waals surface area (Å²) in [7, 11) is -0.646. The third-order valence-electron chi connectivity index (χ3n) is 2.68. The Balaban J connectivity index is 2.83. The van der Waals surface area contributed by atoms with Crippen molar-refractivity contribution in [3.8, 4) is 0 Å². The number of nitrogens with zero attached hydrogens (tertiary/aromatic N) is 1. The molecule has 0 aliphatic heterocycles. The van der Waals surface area contributed by atoms with Crippen LogP contribution < -0.4 is 0 Å². The zero-order valence-corrected chi connectivity index (χ0v) is 13.4. The lowest BCUT2D eigenvalue weighted by Gasteiger charge is -2.26. The predicted molar refractivity (Wildman–Crippen MR) is 77.0 cm³/mol. The second kappa shape index (κ2) is 8.53. The lowest BCUT2D eigenvalue weighted by molar-refractivity contribution is -0.140. The van der Waals surface area contributed by atoms with Crippen LogP contribution in [0, 0.1) is 0 Å². The number of hydrogen-bond donors (Lipinski definition) is 0. The second-order valence-electron chi connectivity index (χ2n) is 4.01. The van der Waals surface area contributed by atoms with Gasteiger partial charge >= 0.3 is 19.8 Å². The number of benzene rings is 1. The van der Waals surface area contributed by atoms with Crippen LogP contribution in [0.4, 0.5) is 4.79 Å². The van der Waals surface area contributed by atoms with Gasteiger partial charge in [-0.15, -0.1) is 0 Å². The van der Waals surface area contributed by atoms with Gasteiger partial charge in [0.2, 0.25) is 0 Å². The molecule has 0 aromatic heterocycles. The first kappa shape index (κ1) is 18.2. The summed E-state index contributed by atoms with van der Waals surface area (Å²) in [4.78, 5) is 23.5. The Labute approximate surface area is 128 Å². The molecule has 0 saturated carbocycles. The summed E-state index contributed by atoms with van der Waals surface area (Å²) < 4.78 is 31.8. The van der Waals surface area contributed by atoms with Crippen molar-refractivity contribution in [2.45, 2.75) is 6.61 Å². The van der Waals surface area contributed by atoms with Crippen LogP contribution in [0.3, 0.4) is 0 Å². The highest BCUT2D eigenvalue weighted by Gasteiger charge is 2.38. The van der Waals surface area contributed by atoms with Crippen LogP contribution >= 0.6 is 7.75 Å². The largest absolute Gasteiger partial charge is 0.468 e. The van der Waals surface area contributed by atoms with Crippen molar-refractivity contribution < 1.29 is 32.7 Å². The van der Waals surface area contributed by atoms with Gasteiger partial charge < -0.3 is 9.47 Å². The molecule has 122 valence electrons. The summed E-state index contributed by atoms with van der Waals surface area (Å²) in [6, 6.07) is 8.89. The lowest BCUT2D eigenvalue weighted by atomic mass is 10.2. The van der Waals surface area contributed by atoms with Crippen molar-refractivity contribution >= 4 is 19.8 Å². The Morgan fingerprint density at radius 1 is 1.09 bits per heavy atom. The van der Waals surface area contributed by atoms with Crippen LogP contribution in [0.25, 0.3) is 0 Å². The summed E-state index contributed by atoms with van der Waals surface area (Å²) in [5.41, 5.74) is 0.735. The smallest absolute Gasteiger partial charge is 0.440 e. The van der Waals surface area contributed by atoms with Crippen LogP contribution in [-0.4, -0.2) is 44.6 Å². The van der Waals surface area contributed by atoms with Crippen LogP contribution in [0.5, 0.6) is 0 Å². The van der Waals surface area contributed by atoms with Gasteiger partial charge in [0, 0.05) is 14.2 Å². The molecule has 1 aromatic carbocycles. The summed E-state index contributed by atoms with van der Waals surface area (Å²) in [6.45, 7) is -0.673. The summed E-state index contributed by atoms with van der Waals surface area (Å²) >= 11 is 0. The molecule has 0 saturated heterocycles. The lowest BCUT2D eigenvalue weighted by Crippen LogP contribution is -2.35. The average molecular weight is 331 g/mol. The van der Waals surface area contributed by atoms with Crippen LogP contribution in [0.15, 0.2) is 30.3 Å². The highest BCUT2D eigenvalue weighted by molar-refractivity contribution is 7.52. The fourth-order valence-electron chi connectivity index (χ4n) is 1.50. The number of hydrogen-bond acceptors (Lipinski definition) is 7. The predicted octanol–water partition coefficient (Wildman–Crippen LogP) is 2.20. The van der Waals surface area contributed by atoms with E-state index in [0.29, 0.717) is 4.67 Å². The van der Waals surface area contributed by atoms with Crippen LogP contribution in [0.1, 0.15) is 5.56 Å². The number of carbonyl (C=O) groups excluding carboxylic acids is 2. The maximum absolute atomic E-state index is 12.3. The van der Waals surface area contributed by atoms with Gasteiger partial charge in [-0.25, -0.2) is 14.0 Å². The molecule has 0 bridgehead atoms. The third-order valence-corrected chi connectivity index (χ3v) is 4.50. The van der Waals surface area contributed by atoms with Gasteiger partial charge in [-0.05, 0) is 5.56 Å². The molecule has 0 radical (unpaired) electrons. The number of esters is 1. The first-order valence-corrected chi connectivity index (χ1v) is 7.73. The van der Waals surface area contributed by atoms with Gasteiger partial charge in [-0.3, -0.25) is 13.8 Å². The van der Waals surface area contributed by atoms with E-state index in [9.17, 15) is 14.2 Å². The van der Waals surface area contributed by atoms with E-state index in [4.69, 9.17) is 13.8 Å². The number of ether oxygens (including phenoxy) is 2. The molecule has 0 fully saturated rings. The SMILES string of the molecule is COC(=O)CN(C(=O)OCc1ccccc1)P(=O)(OC)OC. The van der Waals surface area contributed by atoms with Crippen molar-refractivity contribution in [2.24, 2.45) is 0 Å². The molecule has 1 rings (SSSR count). The third kappa shape index (κ3) is 4.84.